The molecule has 0 radical (unpaired) electrons. The van der Waals surface area contributed by atoms with Crippen LogP contribution in [0.25, 0.3) is 0 Å². The minimum atomic E-state index is -1.21. The Labute approximate surface area is 278 Å². The number of hydrogen-bond acceptors (Lipinski definition) is 4. The van der Waals surface area contributed by atoms with Crippen molar-refractivity contribution in [3.8, 4) is 0 Å². The lowest BCUT2D eigenvalue weighted by Crippen LogP contribution is -2.48. The SMILES string of the molecule is CCCCCCCC/C=C\C/C=C\CC(O)C(=O)NC(CO)C(O)/C=C/CC/C=C/CCCCCCCCCCCCCCC. The van der Waals surface area contributed by atoms with E-state index in [1.54, 1.807) is 12.2 Å². The lowest BCUT2D eigenvalue weighted by atomic mass is 10.0. The topological polar surface area (TPSA) is 89.8 Å². The molecule has 3 unspecified atom stereocenters. The fraction of sp³-hybridized carbons (Fsp3) is 0.775. The van der Waals surface area contributed by atoms with Gasteiger partial charge in [-0.1, -0.05) is 172 Å². The molecule has 0 aliphatic carbocycles. The molecule has 0 spiro atoms. The third kappa shape index (κ3) is 30.7. The van der Waals surface area contributed by atoms with Gasteiger partial charge in [0.2, 0.25) is 5.91 Å². The van der Waals surface area contributed by atoms with Gasteiger partial charge in [0.05, 0.1) is 18.8 Å². The summed E-state index contributed by atoms with van der Waals surface area (Å²) in [5.41, 5.74) is 0. The minimum Gasteiger partial charge on any atom is -0.394 e. The summed E-state index contributed by atoms with van der Waals surface area (Å²) in [6.07, 6.45) is 44.4. The number of aliphatic hydroxyl groups excluding tert-OH is 3. The molecular formula is C40H73NO4. The number of hydrogen-bond donors (Lipinski definition) is 4. The van der Waals surface area contributed by atoms with Crippen molar-refractivity contribution in [2.75, 3.05) is 6.61 Å². The van der Waals surface area contributed by atoms with E-state index in [1.807, 2.05) is 12.2 Å². The van der Waals surface area contributed by atoms with Gasteiger partial charge in [-0.2, -0.15) is 0 Å². The largest absolute Gasteiger partial charge is 0.394 e. The average molecular weight is 632 g/mol. The van der Waals surface area contributed by atoms with Crippen LogP contribution in [0.3, 0.4) is 0 Å². The highest BCUT2D eigenvalue weighted by Gasteiger charge is 2.22. The van der Waals surface area contributed by atoms with Crippen LogP contribution in [0.5, 0.6) is 0 Å². The van der Waals surface area contributed by atoms with Crippen molar-refractivity contribution >= 4 is 5.91 Å². The summed E-state index contributed by atoms with van der Waals surface area (Å²) in [7, 11) is 0. The molecule has 0 aromatic rings. The van der Waals surface area contributed by atoms with Crippen molar-refractivity contribution in [2.45, 2.75) is 193 Å². The molecule has 0 bridgehead atoms. The maximum absolute atomic E-state index is 12.3. The number of unbranched alkanes of at least 4 members (excludes halogenated alkanes) is 20. The Hall–Kier alpha value is -1.69. The van der Waals surface area contributed by atoms with Gasteiger partial charge < -0.3 is 20.6 Å². The third-order valence-electron chi connectivity index (χ3n) is 8.40. The number of amides is 1. The van der Waals surface area contributed by atoms with Crippen molar-refractivity contribution in [3.63, 3.8) is 0 Å². The van der Waals surface area contributed by atoms with E-state index in [9.17, 15) is 20.1 Å². The van der Waals surface area contributed by atoms with Gasteiger partial charge in [0.25, 0.3) is 0 Å². The van der Waals surface area contributed by atoms with Gasteiger partial charge in [0, 0.05) is 6.42 Å². The van der Waals surface area contributed by atoms with Crippen molar-refractivity contribution in [3.05, 3.63) is 48.6 Å². The molecule has 262 valence electrons. The van der Waals surface area contributed by atoms with Crippen LogP contribution in [0.1, 0.15) is 174 Å². The number of carbonyl (C=O) groups is 1. The van der Waals surface area contributed by atoms with Gasteiger partial charge in [-0.3, -0.25) is 4.79 Å². The van der Waals surface area contributed by atoms with E-state index in [1.165, 1.54) is 122 Å². The summed E-state index contributed by atoms with van der Waals surface area (Å²) in [6, 6.07) is -0.844. The Bertz CT molecular complexity index is 745. The number of nitrogens with one attached hydrogen (secondary N) is 1. The summed E-state index contributed by atoms with van der Waals surface area (Å²) >= 11 is 0. The van der Waals surface area contributed by atoms with Crippen molar-refractivity contribution < 1.29 is 20.1 Å². The van der Waals surface area contributed by atoms with Gasteiger partial charge in [-0.05, 0) is 44.9 Å². The highest BCUT2D eigenvalue weighted by molar-refractivity contribution is 5.81. The van der Waals surface area contributed by atoms with Gasteiger partial charge in [0.15, 0.2) is 0 Å². The van der Waals surface area contributed by atoms with Crippen LogP contribution in [0.15, 0.2) is 48.6 Å². The van der Waals surface area contributed by atoms with Gasteiger partial charge in [-0.25, -0.2) is 0 Å². The second-order valence-electron chi connectivity index (χ2n) is 12.8. The summed E-state index contributed by atoms with van der Waals surface area (Å²) in [6.45, 7) is 4.11. The van der Waals surface area contributed by atoms with E-state index >= 15 is 0 Å². The molecule has 0 saturated heterocycles. The third-order valence-corrected chi connectivity index (χ3v) is 8.40. The Balaban J connectivity index is 3.86. The van der Waals surface area contributed by atoms with Crippen LogP contribution in [-0.4, -0.2) is 46.1 Å². The highest BCUT2D eigenvalue weighted by Crippen LogP contribution is 2.13. The monoisotopic (exact) mass is 632 g/mol. The van der Waals surface area contributed by atoms with E-state index in [0.29, 0.717) is 0 Å². The van der Waals surface area contributed by atoms with E-state index < -0.39 is 30.8 Å². The molecular weight excluding hydrogens is 558 g/mol. The van der Waals surface area contributed by atoms with E-state index in [4.69, 9.17) is 0 Å². The van der Waals surface area contributed by atoms with Crippen molar-refractivity contribution in [2.24, 2.45) is 0 Å². The van der Waals surface area contributed by atoms with Gasteiger partial charge in [0.1, 0.15) is 6.10 Å². The van der Waals surface area contributed by atoms with Crippen molar-refractivity contribution in [1.29, 1.82) is 0 Å². The number of rotatable bonds is 33. The molecule has 0 fully saturated rings. The second-order valence-corrected chi connectivity index (χ2v) is 12.8. The maximum Gasteiger partial charge on any atom is 0.249 e. The second kappa shape index (κ2) is 35.2. The van der Waals surface area contributed by atoms with Crippen molar-refractivity contribution in [1.82, 2.24) is 5.32 Å². The molecule has 0 saturated carbocycles. The summed E-state index contributed by atoms with van der Waals surface area (Å²) in [4.78, 5) is 12.3. The fourth-order valence-corrected chi connectivity index (χ4v) is 5.36. The molecule has 0 aromatic heterocycles. The standard InChI is InChI=1S/C40H73NO4/c1-3-5-7-9-11-13-15-17-18-19-20-21-22-23-25-26-28-30-32-34-38(43)37(36-42)41-40(45)39(44)35-33-31-29-27-24-16-14-12-10-8-6-4-2/h24-27,31-34,37-39,42-44H,3-23,28-30,35-36H2,1-2H3,(H,41,45)/b26-25+,27-24-,33-31-,34-32+. The normalized spacial score (nSPS) is 14.3. The molecule has 0 aliphatic heterocycles. The first-order chi connectivity index (χ1) is 22.1. The molecule has 1 amide bonds. The molecule has 5 heteroatoms. The molecule has 0 aliphatic rings. The molecule has 45 heavy (non-hydrogen) atoms. The molecule has 0 rings (SSSR count). The summed E-state index contributed by atoms with van der Waals surface area (Å²) in [5, 5.41) is 32.8. The van der Waals surface area contributed by atoms with Crippen LogP contribution in [0.2, 0.25) is 0 Å². The molecule has 4 N–H and O–H groups in total. The lowest BCUT2D eigenvalue weighted by Gasteiger charge is -2.21. The Morgan fingerprint density at radius 1 is 0.556 bits per heavy atom. The van der Waals surface area contributed by atoms with Crippen LogP contribution < -0.4 is 5.32 Å². The first-order valence-corrected chi connectivity index (χ1v) is 19.0. The zero-order chi connectivity index (χ0) is 33.1. The predicted octanol–water partition coefficient (Wildman–Crippen LogP) is 10.2. The highest BCUT2D eigenvalue weighted by atomic mass is 16.3. The number of aliphatic hydroxyl groups is 3. The summed E-state index contributed by atoms with van der Waals surface area (Å²) < 4.78 is 0. The van der Waals surface area contributed by atoms with Crippen LogP contribution >= 0.6 is 0 Å². The quantitative estimate of drug-likeness (QED) is 0.0429. The van der Waals surface area contributed by atoms with Crippen LogP contribution in [-0.2, 0) is 4.79 Å². The van der Waals surface area contributed by atoms with E-state index in [2.05, 4.69) is 43.5 Å². The van der Waals surface area contributed by atoms with E-state index in [-0.39, 0.29) is 6.42 Å². The lowest BCUT2D eigenvalue weighted by molar-refractivity contribution is -0.131. The van der Waals surface area contributed by atoms with Crippen LogP contribution in [0, 0.1) is 0 Å². The van der Waals surface area contributed by atoms with E-state index in [0.717, 1.165) is 32.1 Å². The Kier molecular flexibility index (Phi) is 33.8. The Morgan fingerprint density at radius 3 is 1.49 bits per heavy atom. The minimum absolute atomic E-state index is 0.201. The molecule has 0 heterocycles. The zero-order valence-corrected chi connectivity index (χ0v) is 29.5. The average Bonchev–Trinajstić information content (AvgIpc) is 3.04. The van der Waals surface area contributed by atoms with Gasteiger partial charge >= 0.3 is 0 Å². The van der Waals surface area contributed by atoms with Gasteiger partial charge in [-0.15, -0.1) is 0 Å². The van der Waals surface area contributed by atoms with Crippen LogP contribution in [0.4, 0.5) is 0 Å². The first-order valence-electron chi connectivity index (χ1n) is 19.0. The predicted molar refractivity (Wildman–Crippen MR) is 194 cm³/mol. The smallest absolute Gasteiger partial charge is 0.249 e. The molecule has 5 nitrogen and oxygen atoms in total. The molecule has 3 atom stereocenters. The summed E-state index contributed by atoms with van der Waals surface area (Å²) in [5.74, 6) is -0.583. The number of carbonyl (C=O) groups excluding carboxylic acids is 1. The number of allylic oxidation sites excluding steroid dienone is 6. The Morgan fingerprint density at radius 2 is 0.978 bits per heavy atom. The zero-order valence-electron chi connectivity index (χ0n) is 29.5. The maximum atomic E-state index is 12.3. The molecule has 0 aromatic carbocycles. The first kappa shape index (κ1) is 43.3. The fourth-order valence-electron chi connectivity index (χ4n) is 5.36.